The molecular weight excluding hydrogens is 189 g/mol. The van der Waals surface area contributed by atoms with E-state index in [1.54, 1.807) is 0 Å². The van der Waals surface area contributed by atoms with Crippen LogP contribution in [0.1, 0.15) is 13.8 Å². The number of hydrogen-bond donors (Lipinski definition) is 1. The van der Waals surface area contributed by atoms with Crippen molar-refractivity contribution in [3.05, 3.63) is 12.8 Å². The normalized spacial score (nSPS) is 9.22. The maximum Gasteiger partial charge on any atom is 0.00444 e. The molecule has 49 valence electrons. The number of rotatable bonds is 3. The van der Waals surface area contributed by atoms with Crippen LogP contribution in [0.5, 0.6) is 0 Å². The summed E-state index contributed by atoms with van der Waals surface area (Å²) >= 11 is 0. The summed E-state index contributed by atoms with van der Waals surface area (Å²) < 4.78 is 0. The molecule has 0 bridgehead atoms. The smallest absolute Gasteiger partial charge is 0.00444 e. The van der Waals surface area contributed by atoms with Gasteiger partial charge in [-0.05, 0) is 13.8 Å². The van der Waals surface area contributed by atoms with Gasteiger partial charge in [0, 0.05) is 38.8 Å². The minimum atomic E-state index is 0. The van der Waals surface area contributed by atoms with Crippen molar-refractivity contribution in [3.8, 4) is 0 Å². The van der Waals surface area contributed by atoms with E-state index in [0.29, 0.717) is 6.04 Å². The van der Waals surface area contributed by atoms with Crippen LogP contribution in [-0.2, 0) is 32.7 Å². The van der Waals surface area contributed by atoms with Crippen LogP contribution in [0, 0.1) is 6.58 Å². The van der Waals surface area contributed by atoms with Crippen LogP contribution in [-0.4, -0.2) is 12.4 Å². The fourth-order valence-corrected chi connectivity index (χ4v) is 0.204. The van der Waals surface area contributed by atoms with Crippen molar-refractivity contribution in [2.75, 3.05) is 0 Å². The Morgan fingerprint density at radius 2 is 2.22 bits per heavy atom. The predicted octanol–water partition coefficient (Wildman–Crippen LogP) is 0.834. The van der Waals surface area contributed by atoms with Gasteiger partial charge in [0.1, 0.15) is 0 Å². The first kappa shape index (κ1) is 12.0. The van der Waals surface area contributed by atoms with E-state index < -0.39 is 0 Å². The molecule has 1 N–H and O–H groups in total. The molecule has 0 atom stereocenters. The standard InChI is InChI=1S/C6H10N2.Y/c1-4-7-5-8-6(2)3;/h1,4,6H,2-3H3,(H,7,8);/q-2;. The summed E-state index contributed by atoms with van der Waals surface area (Å²) in [4.78, 5) is 3.50. The summed E-state index contributed by atoms with van der Waals surface area (Å²) in [5.74, 6) is 0. The molecular formula is C6H10N2Y-2. The molecule has 0 unspecified atom stereocenters. The molecule has 1 radical (unpaired) electrons. The molecule has 0 rings (SSSR count). The Kier molecular flexibility index (Phi) is 11.1. The SMILES string of the molecule is [CH-]=CN=[C-]NC(C)C.[Y]. The first-order chi connectivity index (χ1) is 3.77. The van der Waals surface area contributed by atoms with Gasteiger partial charge in [-0.1, -0.05) is 6.34 Å². The van der Waals surface area contributed by atoms with Crippen LogP contribution >= 0.6 is 0 Å². The van der Waals surface area contributed by atoms with E-state index in [9.17, 15) is 0 Å². The van der Waals surface area contributed by atoms with Crippen molar-refractivity contribution >= 4 is 6.34 Å². The molecule has 0 aliphatic heterocycles. The van der Waals surface area contributed by atoms with Crippen molar-refractivity contribution < 1.29 is 32.7 Å². The first-order valence-electron chi connectivity index (χ1n) is 2.51. The third kappa shape index (κ3) is 11.7. The molecule has 2 nitrogen and oxygen atoms in total. The molecule has 0 spiro atoms. The van der Waals surface area contributed by atoms with Crippen molar-refractivity contribution in [1.82, 2.24) is 5.32 Å². The maximum absolute atomic E-state index is 4.92. The largest absolute Gasteiger partial charge is 0.601 e. The van der Waals surface area contributed by atoms with E-state index in [-0.39, 0.29) is 32.7 Å². The van der Waals surface area contributed by atoms with Gasteiger partial charge in [-0.25, -0.2) is 0 Å². The van der Waals surface area contributed by atoms with Gasteiger partial charge in [0.05, 0.1) is 0 Å². The number of nitrogens with zero attached hydrogens (tertiary/aromatic N) is 1. The van der Waals surface area contributed by atoms with Gasteiger partial charge in [-0.2, -0.15) is 0 Å². The topological polar surface area (TPSA) is 24.4 Å². The minimum Gasteiger partial charge on any atom is -0.601 e. The number of hydrogen-bond acceptors (Lipinski definition) is 1. The van der Waals surface area contributed by atoms with Crippen molar-refractivity contribution in [1.29, 1.82) is 0 Å². The zero-order valence-corrected chi connectivity index (χ0v) is 8.59. The van der Waals surface area contributed by atoms with E-state index >= 15 is 0 Å². The molecule has 0 heterocycles. The summed E-state index contributed by atoms with van der Waals surface area (Å²) in [5.41, 5.74) is 0. The quantitative estimate of drug-likeness (QED) is 0.309. The van der Waals surface area contributed by atoms with E-state index in [1.807, 2.05) is 13.8 Å². The fraction of sp³-hybridized carbons (Fsp3) is 0.500. The van der Waals surface area contributed by atoms with E-state index in [2.05, 4.69) is 16.6 Å². The molecule has 0 amide bonds. The van der Waals surface area contributed by atoms with Gasteiger partial charge in [-0.15, -0.1) is 0 Å². The molecule has 0 saturated carbocycles. The zero-order chi connectivity index (χ0) is 6.41. The second kappa shape index (κ2) is 8.31. The van der Waals surface area contributed by atoms with Gasteiger partial charge in [-0.3, -0.25) is 0 Å². The minimum absolute atomic E-state index is 0. The predicted molar refractivity (Wildman–Crippen MR) is 34.6 cm³/mol. The Labute approximate surface area is 81.7 Å². The van der Waals surface area contributed by atoms with Crippen LogP contribution < -0.4 is 5.32 Å². The van der Waals surface area contributed by atoms with E-state index in [0.717, 1.165) is 0 Å². The average molecular weight is 199 g/mol. The summed E-state index contributed by atoms with van der Waals surface area (Å²) in [6.07, 6.45) is 3.72. The molecule has 0 aliphatic rings. The third-order valence-electron chi connectivity index (χ3n) is 0.492. The molecule has 0 aromatic heterocycles. The summed E-state index contributed by atoms with van der Waals surface area (Å²) in [5, 5.41) is 2.82. The monoisotopic (exact) mass is 199 g/mol. The Morgan fingerprint density at radius 1 is 1.67 bits per heavy atom. The second-order valence-electron chi connectivity index (χ2n) is 1.69. The third-order valence-corrected chi connectivity index (χ3v) is 0.492. The van der Waals surface area contributed by atoms with Gasteiger partial charge in [0.2, 0.25) is 0 Å². The van der Waals surface area contributed by atoms with Gasteiger partial charge < -0.3 is 23.1 Å². The number of aliphatic imine (C=N–C) groups is 1. The molecule has 9 heavy (non-hydrogen) atoms. The summed E-state index contributed by atoms with van der Waals surface area (Å²) in [6.45, 7) is 8.92. The van der Waals surface area contributed by atoms with Crippen molar-refractivity contribution in [2.45, 2.75) is 19.9 Å². The van der Waals surface area contributed by atoms with Gasteiger partial charge in [0.25, 0.3) is 0 Å². The Bertz CT molecular complexity index is 89.1. The number of nitrogens with one attached hydrogen (secondary N) is 1. The van der Waals surface area contributed by atoms with Crippen LogP contribution in [0.3, 0.4) is 0 Å². The molecule has 0 fully saturated rings. The van der Waals surface area contributed by atoms with Crippen LogP contribution in [0.15, 0.2) is 11.2 Å². The summed E-state index contributed by atoms with van der Waals surface area (Å²) in [6, 6.07) is 0.374. The van der Waals surface area contributed by atoms with Crippen molar-refractivity contribution in [3.63, 3.8) is 0 Å². The van der Waals surface area contributed by atoms with E-state index in [4.69, 9.17) is 6.58 Å². The zero-order valence-electron chi connectivity index (χ0n) is 5.76. The molecule has 0 aliphatic carbocycles. The van der Waals surface area contributed by atoms with Crippen LogP contribution in [0.2, 0.25) is 0 Å². The van der Waals surface area contributed by atoms with Crippen LogP contribution in [0.4, 0.5) is 0 Å². The Hall–Kier alpha value is 0.314. The summed E-state index contributed by atoms with van der Waals surface area (Å²) in [7, 11) is 0. The maximum atomic E-state index is 4.92. The fourth-order valence-electron chi connectivity index (χ4n) is 0.204. The molecule has 0 saturated heterocycles. The average Bonchev–Trinajstić information content (AvgIpc) is 1.66. The molecule has 3 heteroatoms. The molecule has 0 aromatic carbocycles. The van der Waals surface area contributed by atoms with Crippen molar-refractivity contribution in [2.24, 2.45) is 4.99 Å². The van der Waals surface area contributed by atoms with Gasteiger partial charge in [0.15, 0.2) is 0 Å². The van der Waals surface area contributed by atoms with Gasteiger partial charge >= 0.3 is 0 Å². The first-order valence-corrected chi connectivity index (χ1v) is 2.51. The van der Waals surface area contributed by atoms with E-state index in [1.165, 1.54) is 6.20 Å². The molecule has 0 aromatic rings. The van der Waals surface area contributed by atoms with Crippen LogP contribution in [0.25, 0.3) is 0 Å². The Morgan fingerprint density at radius 3 is 2.56 bits per heavy atom. The Balaban J connectivity index is 0. The second-order valence-corrected chi connectivity index (χ2v) is 1.69.